The van der Waals surface area contributed by atoms with Crippen molar-refractivity contribution in [1.82, 2.24) is 15.0 Å². The van der Waals surface area contributed by atoms with Crippen LogP contribution in [0.5, 0.6) is 0 Å². The molecule has 0 spiro atoms. The van der Waals surface area contributed by atoms with Crippen molar-refractivity contribution in [2.24, 2.45) is 0 Å². The first-order valence-corrected chi connectivity index (χ1v) is 6.35. The van der Waals surface area contributed by atoms with E-state index in [1.807, 2.05) is 33.0 Å². The van der Waals surface area contributed by atoms with E-state index in [1.54, 1.807) is 17.4 Å². The number of anilines is 1. The van der Waals surface area contributed by atoms with Gasteiger partial charge in [0.1, 0.15) is 16.8 Å². The van der Waals surface area contributed by atoms with Gasteiger partial charge in [-0.3, -0.25) is 0 Å². The second kappa shape index (κ2) is 5.10. The highest BCUT2D eigenvalue weighted by Gasteiger charge is 2.11. The van der Waals surface area contributed by atoms with Gasteiger partial charge in [0, 0.05) is 16.8 Å². The monoisotopic (exact) mass is 259 g/mol. The maximum atomic E-state index is 8.86. The summed E-state index contributed by atoms with van der Waals surface area (Å²) < 4.78 is 0. The number of hydrogen-bond donors (Lipinski definition) is 1. The first kappa shape index (κ1) is 12.5. The van der Waals surface area contributed by atoms with Crippen LogP contribution in [-0.2, 0) is 0 Å². The molecule has 0 aliphatic heterocycles. The second-order valence-electron chi connectivity index (χ2n) is 4.01. The lowest BCUT2D eigenvalue weighted by Crippen LogP contribution is -2.10. The van der Waals surface area contributed by atoms with Crippen molar-refractivity contribution in [3.05, 3.63) is 33.5 Å². The molecule has 2 rings (SSSR count). The first-order valence-electron chi connectivity index (χ1n) is 5.53. The summed E-state index contributed by atoms with van der Waals surface area (Å²) in [5.74, 6) is 0.465. The van der Waals surface area contributed by atoms with Gasteiger partial charge in [0.05, 0.1) is 6.04 Å². The highest BCUT2D eigenvalue weighted by Crippen LogP contribution is 2.21. The molecule has 0 saturated heterocycles. The third-order valence-corrected chi connectivity index (χ3v) is 3.42. The molecule has 5 nitrogen and oxygen atoms in total. The Morgan fingerprint density at radius 1 is 1.39 bits per heavy atom. The molecule has 0 aromatic carbocycles. The smallest absolute Gasteiger partial charge is 0.224 e. The lowest BCUT2D eigenvalue weighted by atomic mass is 10.3. The van der Waals surface area contributed by atoms with Gasteiger partial charge < -0.3 is 5.32 Å². The molecule has 1 N–H and O–H groups in total. The van der Waals surface area contributed by atoms with Crippen LogP contribution in [0.15, 0.2) is 12.3 Å². The Bertz CT molecular complexity index is 599. The molecule has 0 saturated carbocycles. The Kier molecular flexibility index (Phi) is 3.53. The third kappa shape index (κ3) is 2.81. The van der Waals surface area contributed by atoms with Gasteiger partial charge in [-0.1, -0.05) is 0 Å². The zero-order valence-electron chi connectivity index (χ0n) is 10.4. The molecule has 2 aromatic heterocycles. The molecule has 0 fully saturated rings. The van der Waals surface area contributed by atoms with Crippen molar-refractivity contribution < 1.29 is 0 Å². The van der Waals surface area contributed by atoms with Crippen LogP contribution in [0.4, 0.5) is 5.95 Å². The van der Waals surface area contributed by atoms with Crippen molar-refractivity contribution >= 4 is 17.3 Å². The van der Waals surface area contributed by atoms with Crippen LogP contribution in [0.2, 0.25) is 0 Å². The molecule has 92 valence electrons. The highest BCUT2D eigenvalue weighted by molar-refractivity contribution is 7.11. The van der Waals surface area contributed by atoms with Gasteiger partial charge in [0.25, 0.3) is 0 Å². The largest absolute Gasteiger partial charge is 0.345 e. The summed E-state index contributed by atoms with van der Waals surface area (Å²) in [5, 5.41) is 13.0. The standard InChI is InChI=1S/C12H13N5S/c1-7-4-10(5-13)17-12(15-7)16-9(3)11-14-6-8(2)18-11/h4,6,9H,1-3H3,(H,15,16,17). The van der Waals surface area contributed by atoms with Gasteiger partial charge >= 0.3 is 0 Å². The van der Waals surface area contributed by atoms with E-state index < -0.39 is 0 Å². The zero-order valence-corrected chi connectivity index (χ0v) is 11.2. The summed E-state index contributed by atoms with van der Waals surface area (Å²) >= 11 is 1.64. The Labute approximate surface area is 110 Å². The van der Waals surface area contributed by atoms with Crippen molar-refractivity contribution in [3.63, 3.8) is 0 Å². The van der Waals surface area contributed by atoms with Crippen molar-refractivity contribution in [1.29, 1.82) is 5.26 Å². The molecule has 0 amide bonds. The van der Waals surface area contributed by atoms with Gasteiger partial charge in [-0.25, -0.2) is 15.0 Å². The molecule has 0 bridgehead atoms. The molecule has 0 aliphatic rings. The predicted molar refractivity (Wildman–Crippen MR) is 70.4 cm³/mol. The normalized spacial score (nSPS) is 11.9. The van der Waals surface area contributed by atoms with Crippen LogP contribution in [0.1, 0.15) is 34.2 Å². The van der Waals surface area contributed by atoms with E-state index in [9.17, 15) is 0 Å². The lowest BCUT2D eigenvalue weighted by Gasteiger charge is -2.11. The average molecular weight is 259 g/mol. The number of aromatic nitrogens is 3. The van der Waals surface area contributed by atoms with Crippen LogP contribution >= 0.6 is 11.3 Å². The van der Waals surface area contributed by atoms with Crippen LogP contribution in [0.3, 0.4) is 0 Å². The number of aryl methyl sites for hydroxylation is 2. The van der Waals surface area contributed by atoms with E-state index >= 15 is 0 Å². The summed E-state index contributed by atoms with van der Waals surface area (Å²) in [6.45, 7) is 5.85. The molecule has 6 heteroatoms. The maximum Gasteiger partial charge on any atom is 0.224 e. The minimum absolute atomic E-state index is 0.0250. The Balaban J connectivity index is 2.19. The number of nitrogens with zero attached hydrogens (tertiary/aromatic N) is 4. The molecule has 0 aliphatic carbocycles. The molecular formula is C12H13N5S. The van der Waals surface area contributed by atoms with E-state index in [-0.39, 0.29) is 6.04 Å². The number of rotatable bonds is 3. The average Bonchev–Trinajstić information content (AvgIpc) is 2.75. The minimum atomic E-state index is 0.0250. The fourth-order valence-corrected chi connectivity index (χ4v) is 2.29. The van der Waals surface area contributed by atoms with E-state index in [0.29, 0.717) is 11.6 Å². The zero-order chi connectivity index (χ0) is 13.1. The summed E-state index contributed by atoms with van der Waals surface area (Å²) in [6, 6.07) is 3.70. The van der Waals surface area contributed by atoms with Crippen LogP contribution in [0.25, 0.3) is 0 Å². The van der Waals surface area contributed by atoms with Crippen molar-refractivity contribution in [3.8, 4) is 6.07 Å². The molecule has 2 aromatic rings. The van der Waals surface area contributed by atoms with E-state index in [4.69, 9.17) is 5.26 Å². The maximum absolute atomic E-state index is 8.86. The van der Waals surface area contributed by atoms with Crippen LogP contribution < -0.4 is 5.32 Å². The minimum Gasteiger partial charge on any atom is -0.345 e. The predicted octanol–water partition coefficient (Wildman–Crippen LogP) is 2.59. The summed E-state index contributed by atoms with van der Waals surface area (Å²) in [6.07, 6.45) is 1.84. The lowest BCUT2D eigenvalue weighted by molar-refractivity contribution is 0.844. The van der Waals surface area contributed by atoms with Crippen molar-refractivity contribution in [2.45, 2.75) is 26.8 Å². The van der Waals surface area contributed by atoms with Gasteiger partial charge in [-0.2, -0.15) is 5.26 Å². The first-order chi connectivity index (χ1) is 8.58. The summed E-state index contributed by atoms with van der Waals surface area (Å²) in [7, 11) is 0. The fraction of sp³-hybridized carbons (Fsp3) is 0.333. The molecular weight excluding hydrogens is 246 g/mol. The Morgan fingerprint density at radius 2 is 2.17 bits per heavy atom. The topological polar surface area (TPSA) is 74.5 Å². The molecule has 2 heterocycles. The Morgan fingerprint density at radius 3 is 2.78 bits per heavy atom. The quantitative estimate of drug-likeness (QED) is 0.917. The van der Waals surface area contributed by atoms with Gasteiger partial charge in [-0.05, 0) is 26.8 Å². The number of thiazole rings is 1. The summed E-state index contributed by atoms with van der Waals surface area (Å²) in [4.78, 5) is 13.9. The van der Waals surface area contributed by atoms with Crippen LogP contribution in [0, 0.1) is 25.2 Å². The SMILES string of the molecule is Cc1cc(C#N)nc(NC(C)c2ncc(C)s2)n1. The van der Waals surface area contributed by atoms with Gasteiger partial charge in [0.2, 0.25) is 5.95 Å². The highest BCUT2D eigenvalue weighted by atomic mass is 32.1. The molecule has 1 atom stereocenters. The molecule has 18 heavy (non-hydrogen) atoms. The van der Waals surface area contributed by atoms with E-state index in [0.717, 1.165) is 10.7 Å². The van der Waals surface area contributed by atoms with E-state index in [2.05, 4.69) is 20.3 Å². The number of nitrogens with one attached hydrogen (secondary N) is 1. The number of nitriles is 1. The van der Waals surface area contributed by atoms with Gasteiger partial charge in [0.15, 0.2) is 0 Å². The van der Waals surface area contributed by atoms with Gasteiger partial charge in [-0.15, -0.1) is 11.3 Å². The third-order valence-electron chi connectivity index (χ3n) is 2.32. The fourth-order valence-electron chi connectivity index (χ4n) is 1.52. The molecule has 1 unspecified atom stereocenters. The van der Waals surface area contributed by atoms with E-state index in [1.165, 1.54) is 4.88 Å². The Hall–Kier alpha value is -2.00. The number of hydrogen-bond acceptors (Lipinski definition) is 6. The van der Waals surface area contributed by atoms with Crippen molar-refractivity contribution in [2.75, 3.05) is 5.32 Å². The summed E-state index contributed by atoms with van der Waals surface area (Å²) in [5.41, 5.74) is 1.14. The van der Waals surface area contributed by atoms with Crippen LogP contribution in [-0.4, -0.2) is 15.0 Å². The second-order valence-corrected chi connectivity index (χ2v) is 5.27. The molecule has 0 radical (unpaired) electrons.